The standard InChI is InChI=1S/C15H16N4O3/c1-20-11-8-10(9-12(21-2)13(11)22-3)19-7-6-18-15(19)14-16-4-5-17-14/h4-9H,1-3H3,(H,16,17). The molecule has 0 radical (unpaired) electrons. The van der Waals surface area contributed by atoms with Crippen molar-refractivity contribution in [3.8, 4) is 34.6 Å². The fourth-order valence-electron chi connectivity index (χ4n) is 2.28. The zero-order valence-electron chi connectivity index (χ0n) is 12.5. The summed E-state index contributed by atoms with van der Waals surface area (Å²) < 4.78 is 18.0. The maximum atomic E-state index is 5.39. The number of aromatic nitrogens is 4. The predicted octanol–water partition coefficient (Wildman–Crippen LogP) is 2.29. The zero-order valence-corrected chi connectivity index (χ0v) is 12.5. The Kier molecular flexibility index (Phi) is 3.69. The van der Waals surface area contributed by atoms with Crippen molar-refractivity contribution in [3.05, 3.63) is 36.9 Å². The van der Waals surface area contributed by atoms with E-state index < -0.39 is 0 Å². The van der Waals surface area contributed by atoms with Gasteiger partial charge in [0.05, 0.1) is 27.0 Å². The lowest BCUT2D eigenvalue weighted by molar-refractivity contribution is 0.324. The van der Waals surface area contributed by atoms with Crippen LogP contribution in [0, 0.1) is 0 Å². The number of aromatic amines is 1. The van der Waals surface area contributed by atoms with Crippen molar-refractivity contribution in [1.82, 2.24) is 19.5 Å². The lowest BCUT2D eigenvalue weighted by atomic mass is 10.2. The number of ether oxygens (including phenoxy) is 3. The molecule has 2 aromatic heterocycles. The molecule has 7 nitrogen and oxygen atoms in total. The molecule has 1 N–H and O–H groups in total. The van der Waals surface area contributed by atoms with Crippen LogP contribution < -0.4 is 14.2 Å². The van der Waals surface area contributed by atoms with Crippen molar-refractivity contribution >= 4 is 0 Å². The third-order valence-electron chi connectivity index (χ3n) is 3.28. The number of nitrogens with zero attached hydrogens (tertiary/aromatic N) is 3. The number of hydrogen-bond donors (Lipinski definition) is 1. The third kappa shape index (κ3) is 2.26. The predicted molar refractivity (Wildman–Crippen MR) is 80.8 cm³/mol. The van der Waals surface area contributed by atoms with Crippen molar-refractivity contribution in [2.24, 2.45) is 0 Å². The fourth-order valence-corrected chi connectivity index (χ4v) is 2.28. The van der Waals surface area contributed by atoms with Crippen molar-refractivity contribution in [2.45, 2.75) is 0 Å². The molecule has 114 valence electrons. The molecule has 0 aliphatic carbocycles. The van der Waals surface area contributed by atoms with Crippen LogP contribution in [0.25, 0.3) is 17.3 Å². The second kappa shape index (κ2) is 5.80. The van der Waals surface area contributed by atoms with Gasteiger partial charge in [0, 0.05) is 36.9 Å². The second-order valence-corrected chi connectivity index (χ2v) is 4.44. The summed E-state index contributed by atoms with van der Waals surface area (Å²) in [5.74, 6) is 3.08. The van der Waals surface area contributed by atoms with Gasteiger partial charge in [0.25, 0.3) is 0 Å². The van der Waals surface area contributed by atoms with Crippen LogP contribution in [-0.2, 0) is 0 Å². The highest BCUT2D eigenvalue weighted by atomic mass is 16.5. The summed E-state index contributed by atoms with van der Waals surface area (Å²) in [6.45, 7) is 0. The minimum atomic E-state index is 0.549. The fraction of sp³-hybridized carbons (Fsp3) is 0.200. The van der Waals surface area contributed by atoms with E-state index in [1.165, 1.54) is 0 Å². The van der Waals surface area contributed by atoms with Crippen LogP contribution in [0.2, 0.25) is 0 Å². The SMILES string of the molecule is COc1cc(-n2ccnc2-c2ncc[nH]2)cc(OC)c1OC. The van der Waals surface area contributed by atoms with E-state index in [9.17, 15) is 0 Å². The van der Waals surface area contributed by atoms with Crippen molar-refractivity contribution in [2.75, 3.05) is 21.3 Å². The summed E-state index contributed by atoms with van der Waals surface area (Å²) >= 11 is 0. The smallest absolute Gasteiger partial charge is 0.203 e. The zero-order chi connectivity index (χ0) is 15.5. The van der Waals surface area contributed by atoms with Gasteiger partial charge in [-0.1, -0.05) is 0 Å². The Morgan fingerprint density at radius 3 is 2.23 bits per heavy atom. The number of nitrogens with one attached hydrogen (secondary N) is 1. The normalized spacial score (nSPS) is 10.5. The molecule has 1 aromatic carbocycles. The molecule has 0 saturated heterocycles. The summed E-state index contributed by atoms with van der Waals surface area (Å²) in [6, 6.07) is 3.71. The highest BCUT2D eigenvalue weighted by molar-refractivity contribution is 5.60. The summed E-state index contributed by atoms with van der Waals surface area (Å²) in [5.41, 5.74) is 0.832. The van der Waals surface area contributed by atoms with E-state index in [2.05, 4.69) is 15.0 Å². The number of imidazole rings is 2. The Bertz CT molecular complexity index is 740. The van der Waals surface area contributed by atoms with Crippen molar-refractivity contribution in [3.63, 3.8) is 0 Å². The maximum absolute atomic E-state index is 5.39. The number of H-pyrrole nitrogens is 1. The Hall–Kier alpha value is -2.96. The van der Waals surface area contributed by atoms with Gasteiger partial charge in [0.15, 0.2) is 23.1 Å². The molecule has 0 aliphatic rings. The van der Waals surface area contributed by atoms with E-state index >= 15 is 0 Å². The highest BCUT2D eigenvalue weighted by Crippen LogP contribution is 2.39. The number of hydrogen-bond acceptors (Lipinski definition) is 5. The minimum Gasteiger partial charge on any atom is -0.493 e. The van der Waals surface area contributed by atoms with Gasteiger partial charge in [-0.15, -0.1) is 0 Å². The third-order valence-corrected chi connectivity index (χ3v) is 3.28. The molecule has 0 amide bonds. The first-order valence-electron chi connectivity index (χ1n) is 6.62. The topological polar surface area (TPSA) is 74.2 Å². The number of benzene rings is 1. The van der Waals surface area contributed by atoms with E-state index in [0.717, 1.165) is 5.69 Å². The van der Waals surface area contributed by atoms with Gasteiger partial charge in [-0.05, 0) is 0 Å². The van der Waals surface area contributed by atoms with Crippen molar-refractivity contribution in [1.29, 1.82) is 0 Å². The van der Waals surface area contributed by atoms with Gasteiger partial charge in [0.1, 0.15) is 0 Å². The first-order valence-corrected chi connectivity index (χ1v) is 6.62. The number of rotatable bonds is 5. The molecule has 22 heavy (non-hydrogen) atoms. The van der Waals surface area contributed by atoms with Gasteiger partial charge in [-0.3, -0.25) is 4.57 Å². The van der Waals surface area contributed by atoms with Gasteiger partial charge in [-0.25, -0.2) is 9.97 Å². The Morgan fingerprint density at radius 1 is 0.955 bits per heavy atom. The van der Waals surface area contributed by atoms with E-state index in [1.807, 2.05) is 22.9 Å². The van der Waals surface area contributed by atoms with E-state index in [-0.39, 0.29) is 0 Å². The quantitative estimate of drug-likeness (QED) is 0.782. The van der Waals surface area contributed by atoms with Crippen LogP contribution in [0.5, 0.6) is 17.2 Å². The van der Waals surface area contributed by atoms with Gasteiger partial charge < -0.3 is 19.2 Å². The maximum Gasteiger partial charge on any atom is 0.203 e. The van der Waals surface area contributed by atoms with Crippen molar-refractivity contribution < 1.29 is 14.2 Å². The van der Waals surface area contributed by atoms with Crippen LogP contribution in [0.1, 0.15) is 0 Å². The molecule has 0 saturated carbocycles. The molecule has 0 atom stereocenters. The Labute approximate surface area is 127 Å². The molecule has 7 heteroatoms. The molecule has 0 aliphatic heterocycles. The minimum absolute atomic E-state index is 0.549. The highest BCUT2D eigenvalue weighted by Gasteiger charge is 2.16. The molecular formula is C15H16N4O3. The average molecular weight is 300 g/mol. The molecule has 0 bridgehead atoms. The molecule has 0 spiro atoms. The average Bonchev–Trinajstić information content (AvgIpc) is 3.23. The summed E-state index contributed by atoms with van der Waals surface area (Å²) in [4.78, 5) is 11.6. The van der Waals surface area contributed by atoms with Gasteiger partial charge in [-0.2, -0.15) is 0 Å². The van der Waals surface area contributed by atoms with Gasteiger partial charge >= 0.3 is 0 Å². The van der Waals surface area contributed by atoms with Crippen LogP contribution in [0.15, 0.2) is 36.9 Å². The van der Waals surface area contributed by atoms with Crippen LogP contribution in [-0.4, -0.2) is 40.8 Å². The van der Waals surface area contributed by atoms with E-state index in [1.54, 1.807) is 39.9 Å². The Morgan fingerprint density at radius 2 is 1.68 bits per heavy atom. The van der Waals surface area contributed by atoms with E-state index in [0.29, 0.717) is 28.9 Å². The molecule has 0 fully saturated rings. The molecular weight excluding hydrogens is 284 g/mol. The van der Waals surface area contributed by atoms with E-state index in [4.69, 9.17) is 14.2 Å². The first kappa shape index (κ1) is 14.0. The van der Waals surface area contributed by atoms with Crippen LogP contribution in [0.4, 0.5) is 0 Å². The monoisotopic (exact) mass is 300 g/mol. The molecule has 2 heterocycles. The summed E-state index contributed by atoms with van der Waals surface area (Å²) in [6.07, 6.45) is 6.99. The second-order valence-electron chi connectivity index (χ2n) is 4.44. The van der Waals surface area contributed by atoms with Gasteiger partial charge in [0.2, 0.25) is 5.75 Å². The molecule has 3 rings (SSSR count). The number of methoxy groups -OCH3 is 3. The first-order chi connectivity index (χ1) is 10.8. The summed E-state index contributed by atoms with van der Waals surface area (Å²) in [5, 5.41) is 0. The lowest BCUT2D eigenvalue weighted by Crippen LogP contribution is -2.01. The Balaban J connectivity index is 2.16. The lowest BCUT2D eigenvalue weighted by Gasteiger charge is -2.15. The summed E-state index contributed by atoms with van der Waals surface area (Å²) in [7, 11) is 4.75. The molecule has 0 unspecified atom stereocenters. The largest absolute Gasteiger partial charge is 0.493 e. The molecule has 3 aromatic rings. The van der Waals surface area contributed by atoms with Crippen LogP contribution >= 0.6 is 0 Å². The van der Waals surface area contributed by atoms with Crippen LogP contribution in [0.3, 0.4) is 0 Å².